The van der Waals surface area contributed by atoms with E-state index in [9.17, 15) is 4.79 Å². The van der Waals surface area contributed by atoms with E-state index in [1.807, 2.05) is 18.9 Å². The lowest BCUT2D eigenvalue weighted by molar-refractivity contribution is 0.0655. The third kappa shape index (κ3) is 2.66. The molecule has 0 aromatic carbocycles. The molecule has 1 aromatic rings. The Balaban J connectivity index is 2.09. The monoisotopic (exact) mass is 236 g/mol. The van der Waals surface area contributed by atoms with E-state index >= 15 is 0 Å². The molecular formula is C12H20N4O. The molecule has 1 fully saturated rings. The van der Waals surface area contributed by atoms with Gasteiger partial charge in [-0.1, -0.05) is 0 Å². The molecular weight excluding hydrogens is 216 g/mol. The maximum absolute atomic E-state index is 12.3. The molecule has 5 nitrogen and oxygen atoms in total. The second-order valence-electron chi connectivity index (χ2n) is 4.47. The van der Waals surface area contributed by atoms with Gasteiger partial charge in [-0.05, 0) is 32.4 Å². The first-order valence-electron chi connectivity index (χ1n) is 6.23. The molecule has 1 aliphatic heterocycles. The van der Waals surface area contributed by atoms with E-state index in [1.54, 1.807) is 16.9 Å². The van der Waals surface area contributed by atoms with E-state index in [-0.39, 0.29) is 5.91 Å². The molecule has 2 heterocycles. The van der Waals surface area contributed by atoms with Gasteiger partial charge in [0.2, 0.25) is 0 Å². The molecule has 1 aliphatic rings. The summed E-state index contributed by atoms with van der Waals surface area (Å²) in [7, 11) is 1.83. The Kier molecular flexibility index (Phi) is 3.78. The minimum atomic E-state index is 0.0433. The van der Waals surface area contributed by atoms with Crippen molar-refractivity contribution in [3.05, 3.63) is 18.0 Å². The van der Waals surface area contributed by atoms with Crippen LogP contribution in [0.15, 0.2) is 12.3 Å². The molecule has 1 amide bonds. The summed E-state index contributed by atoms with van der Waals surface area (Å²) in [6, 6.07) is 2.09. The molecule has 5 heteroatoms. The van der Waals surface area contributed by atoms with Crippen molar-refractivity contribution in [3.63, 3.8) is 0 Å². The van der Waals surface area contributed by atoms with Gasteiger partial charge in [0, 0.05) is 32.4 Å². The van der Waals surface area contributed by atoms with Crippen molar-refractivity contribution in [2.45, 2.75) is 25.8 Å². The van der Waals surface area contributed by atoms with Crippen LogP contribution in [-0.4, -0.2) is 46.3 Å². The Morgan fingerprint density at radius 2 is 2.53 bits per heavy atom. The van der Waals surface area contributed by atoms with Crippen molar-refractivity contribution in [3.8, 4) is 0 Å². The van der Waals surface area contributed by atoms with Crippen LogP contribution in [0.25, 0.3) is 0 Å². The number of nitrogens with one attached hydrogen (secondary N) is 1. The summed E-state index contributed by atoms with van der Waals surface area (Å²) in [5.74, 6) is 0.0433. The van der Waals surface area contributed by atoms with E-state index in [4.69, 9.17) is 0 Å². The van der Waals surface area contributed by atoms with Gasteiger partial charge in [0.1, 0.15) is 5.69 Å². The summed E-state index contributed by atoms with van der Waals surface area (Å²) in [5, 5.41) is 7.52. The van der Waals surface area contributed by atoms with Crippen molar-refractivity contribution in [2.75, 3.05) is 19.6 Å². The predicted octanol–water partition coefficient (Wildman–Crippen LogP) is 0.634. The Morgan fingerprint density at radius 1 is 1.71 bits per heavy atom. The fraction of sp³-hybridized carbons (Fsp3) is 0.667. The number of amides is 1. The Labute approximate surface area is 102 Å². The lowest BCUT2D eigenvalue weighted by atomic mass is 10.1. The van der Waals surface area contributed by atoms with Gasteiger partial charge in [-0.15, -0.1) is 0 Å². The van der Waals surface area contributed by atoms with E-state index in [1.165, 1.54) is 0 Å². The first-order chi connectivity index (χ1) is 8.22. The second-order valence-corrected chi connectivity index (χ2v) is 4.47. The lowest BCUT2D eigenvalue weighted by Gasteiger charge is -2.33. The highest BCUT2D eigenvalue weighted by Crippen LogP contribution is 2.13. The molecule has 1 unspecified atom stereocenters. The third-order valence-corrected chi connectivity index (χ3v) is 3.25. The van der Waals surface area contributed by atoms with Crippen molar-refractivity contribution in [2.24, 2.45) is 7.05 Å². The smallest absolute Gasteiger partial charge is 0.274 e. The van der Waals surface area contributed by atoms with Gasteiger partial charge >= 0.3 is 0 Å². The fourth-order valence-corrected chi connectivity index (χ4v) is 2.34. The van der Waals surface area contributed by atoms with Gasteiger partial charge in [-0.25, -0.2) is 0 Å². The number of aromatic nitrogens is 2. The Bertz CT molecular complexity index is 382. The number of hydrogen-bond acceptors (Lipinski definition) is 3. The third-order valence-electron chi connectivity index (χ3n) is 3.25. The summed E-state index contributed by atoms with van der Waals surface area (Å²) in [5.41, 5.74) is 0.542. The average Bonchev–Trinajstić information content (AvgIpc) is 2.78. The van der Waals surface area contributed by atoms with Crippen molar-refractivity contribution < 1.29 is 4.79 Å². The zero-order chi connectivity index (χ0) is 12.3. The highest BCUT2D eigenvalue weighted by Gasteiger charge is 2.25. The van der Waals surface area contributed by atoms with Gasteiger partial charge in [0.15, 0.2) is 0 Å². The first-order valence-corrected chi connectivity index (χ1v) is 6.23. The van der Waals surface area contributed by atoms with Crippen LogP contribution in [0.4, 0.5) is 0 Å². The topological polar surface area (TPSA) is 50.2 Å². The van der Waals surface area contributed by atoms with Crippen LogP contribution in [0, 0.1) is 0 Å². The molecule has 0 saturated carbocycles. The summed E-state index contributed by atoms with van der Waals surface area (Å²) in [4.78, 5) is 14.2. The maximum Gasteiger partial charge on any atom is 0.274 e. The molecule has 2 rings (SSSR count). The molecule has 17 heavy (non-hydrogen) atoms. The second kappa shape index (κ2) is 5.31. The standard InChI is InChI=1S/C12H20N4O/c1-3-16(10-5-4-7-13-9-10)12(17)11-6-8-15(2)14-11/h6,8,10,13H,3-5,7,9H2,1-2H3. The number of rotatable bonds is 3. The summed E-state index contributed by atoms with van der Waals surface area (Å²) in [6.07, 6.45) is 4.02. The average molecular weight is 236 g/mol. The van der Waals surface area contributed by atoms with Crippen LogP contribution in [0.2, 0.25) is 0 Å². The maximum atomic E-state index is 12.3. The molecule has 1 N–H and O–H groups in total. The van der Waals surface area contributed by atoms with Gasteiger partial charge in [-0.2, -0.15) is 5.10 Å². The highest BCUT2D eigenvalue weighted by molar-refractivity contribution is 5.92. The van der Waals surface area contributed by atoms with Crippen molar-refractivity contribution in [1.82, 2.24) is 20.0 Å². The zero-order valence-electron chi connectivity index (χ0n) is 10.5. The van der Waals surface area contributed by atoms with Gasteiger partial charge in [0.25, 0.3) is 5.91 Å². The van der Waals surface area contributed by atoms with Crippen LogP contribution >= 0.6 is 0 Å². The highest BCUT2D eigenvalue weighted by atomic mass is 16.2. The van der Waals surface area contributed by atoms with Gasteiger partial charge < -0.3 is 10.2 Å². The predicted molar refractivity (Wildman–Crippen MR) is 65.8 cm³/mol. The van der Waals surface area contributed by atoms with Crippen molar-refractivity contribution in [1.29, 1.82) is 0 Å². The van der Waals surface area contributed by atoms with Crippen LogP contribution in [0.5, 0.6) is 0 Å². The van der Waals surface area contributed by atoms with Crippen LogP contribution < -0.4 is 5.32 Å². The van der Waals surface area contributed by atoms with Crippen LogP contribution in [-0.2, 0) is 7.05 Å². The fourth-order valence-electron chi connectivity index (χ4n) is 2.34. The largest absolute Gasteiger partial charge is 0.333 e. The van der Waals surface area contributed by atoms with Crippen molar-refractivity contribution >= 4 is 5.91 Å². The number of carbonyl (C=O) groups excluding carboxylic acids is 1. The molecule has 0 radical (unpaired) electrons. The summed E-state index contributed by atoms with van der Waals surface area (Å²) in [6.45, 7) is 4.72. The number of aryl methyl sites for hydroxylation is 1. The van der Waals surface area contributed by atoms with Crippen LogP contribution in [0.3, 0.4) is 0 Å². The quantitative estimate of drug-likeness (QED) is 0.837. The van der Waals surface area contributed by atoms with Gasteiger partial charge in [0.05, 0.1) is 0 Å². The Morgan fingerprint density at radius 3 is 3.06 bits per heavy atom. The van der Waals surface area contributed by atoms with Crippen LogP contribution in [0.1, 0.15) is 30.3 Å². The molecule has 0 spiro atoms. The molecule has 0 aliphatic carbocycles. The normalized spacial score (nSPS) is 20.2. The minimum Gasteiger partial charge on any atom is -0.333 e. The van der Waals surface area contributed by atoms with E-state index in [0.717, 1.165) is 32.5 Å². The van der Waals surface area contributed by atoms with Gasteiger partial charge in [-0.3, -0.25) is 9.48 Å². The first kappa shape index (κ1) is 12.1. The number of nitrogens with zero attached hydrogens (tertiary/aromatic N) is 3. The minimum absolute atomic E-state index is 0.0433. The molecule has 1 aromatic heterocycles. The number of carbonyl (C=O) groups is 1. The lowest BCUT2D eigenvalue weighted by Crippen LogP contribution is -2.48. The number of hydrogen-bond donors (Lipinski definition) is 1. The van der Waals surface area contributed by atoms with E-state index in [0.29, 0.717) is 11.7 Å². The molecule has 1 atom stereocenters. The molecule has 1 saturated heterocycles. The number of likely N-dealkylation sites (N-methyl/N-ethyl adjacent to an activating group) is 1. The van der Waals surface area contributed by atoms with E-state index in [2.05, 4.69) is 10.4 Å². The SMILES string of the molecule is CCN(C(=O)c1ccn(C)n1)C1CCCNC1. The van der Waals surface area contributed by atoms with E-state index < -0.39 is 0 Å². The Hall–Kier alpha value is -1.36. The number of piperidine rings is 1. The summed E-state index contributed by atoms with van der Waals surface area (Å²) < 4.78 is 1.67. The summed E-state index contributed by atoms with van der Waals surface area (Å²) >= 11 is 0. The molecule has 0 bridgehead atoms. The zero-order valence-corrected chi connectivity index (χ0v) is 10.5. The molecule has 94 valence electrons.